The molecule has 0 fully saturated rings. The van der Waals surface area contributed by atoms with Gasteiger partial charge in [0.05, 0.1) is 4.92 Å². The molecule has 0 aliphatic rings. The molecule has 0 saturated carbocycles. The molecule has 0 amide bonds. The third kappa shape index (κ3) is 1.22. The molecule has 6 nitrogen and oxygen atoms in total. The zero-order valence-electron chi connectivity index (χ0n) is 8.27. The Balaban J connectivity index is 2.99. The lowest BCUT2D eigenvalue weighted by atomic mass is 10.0. The highest BCUT2D eigenvalue weighted by molar-refractivity contribution is 5.97. The van der Waals surface area contributed by atoms with Crippen molar-refractivity contribution in [2.45, 2.75) is 13.8 Å². The van der Waals surface area contributed by atoms with E-state index in [2.05, 4.69) is 5.16 Å². The highest BCUT2D eigenvalue weighted by Gasteiger charge is 2.23. The number of nitrogens with two attached hydrogens (primary N) is 1. The van der Waals surface area contributed by atoms with Crippen LogP contribution in [0, 0.1) is 24.0 Å². The van der Waals surface area contributed by atoms with Crippen molar-refractivity contribution in [1.29, 1.82) is 0 Å². The second-order valence-electron chi connectivity index (χ2n) is 3.37. The molecule has 0 bridgehead atoms. The second-order valence-corrected chi connectivity index (χ2v) is 3.37. The highest BCUT2D eigenvalue weighted by Crippen LogP contribution is 2.35. The molecule has 0 radical (unpaired) electrons. The van der Waals surface area contributed by atoms with E-state index in [4.69, 9.17) is 10.3 Å². The van der Waals surface area contributed by atoms with Crippen LogP contribution in [0.2, 0.25) is 0 Å². The third-order valence-corrected chi connectivity index (χ3v) is 2.46. The largest absolute Gasteiger partial charge is 0.380 e. The van der Waals surface area contributed by atoms with Gasteiger partial charge < -0.3 is 10.3 Å². The first-order valence-corrected chi connectivity index (χ1v) is 4.32. The minimum atomic E-state index is -0.460. The summed E-state index contributed by atoms with van der Waals surface area (Å²) in [5, 5.41) is 14.7. The Bertz CT molecular complexity index is 559. The van der Waals surface area contributed by atoms with Gasteiger partial charge in [-0.1, -0.05) is 5.16 Å². The van der Waals surface area contributed by atoms with Gasteiger partial charge in [-0.15, -0.1) is 0 Å². The van der Waals surface area contributed by atoms with E-state index in [1.807, 2.05) is 0 Å². The van der Waals surface area contributed by atoms with Crippen molar-refractivity contribution >= 4 is 22.5 Å². The van der Waals surface area contributed by atoms with E-state index in [0.717, 1.165) is 5.56 Å². The first-order valence-electron chi connectivity index (χ1n) is 4.32. The van der Waals surface area contributed by atoms with E-state index >= 15 is 0 Å². The highest BCUT2D eigenvalue weighted by atomic mass is 16.6. The number of nitro benzene ring substituents is 1. The van der Waals surface area contributed by atoms with Crippen molar-refractivity contribution in [2.75, 3.05) is 5.73 Å². The Morgan fingerprint density at radius 3 is 2.80 bits per heavy atom. The number of anilines is 1. The van der Waals surface area contributed by atoms with E-state index in [0.29, 0.717) is 11.1 Å². The number of nitro groups is 1. The summed E-state index contributed by atoms with van der Waals surface area (Å²) in [6.45, 7) is 3.46. The number of hydrogen-bond donors (Lipinski definition) is 1. The van der Waals surface area contributed by atoms with Crippen molar-refractivity contribution < 1.29 is 9.45 Å². The van der Waals surface area contributed by atoms with Crippen LogP contribution in [0.25, 0.3) is 11.0 Å². The zero-order chi connectivity index (χ0) is 11.2. The van der Waals surface area contributed by atoms with Crippen LogP contribution in [0.5, 0.6) is 0 Å². The lowest BCUT2D eigenvalue weighted by molar-refractivity contribution is -0.383. The van der Waals surface area contributed by atoms with Crippen molar-refractivity contribution in [1.82, 2.24) is 5.16 Å². The number of nitrogen functional groups attached to an aromatic ring is 1. The molecule has 0 spiro atoms. The number of fused-ring (bicyclic) bond motifs is 1. The average Bonchev–Trinajstić information content (AvgIpc) is 2.49. The van der Waals surface area contributed by atoms with Crippen molar-refractivity contribution in [3.63, 3.8) is 0 Å². The maximum Gasteiger partial charge on any atom is 0.287 e. The molecule has 0 aliphatic carbocycles. The van der Waals surface area contributed by atoms with Gasteiger partial charge in [0, 0.05) is 5.56 Å². The Morgan fingerprint density at radius 1 is 1.53 bits per heavy atom. The lowest BCUT2D eigenvalue weighted by Gasteiger charge is -2.01. The van der Waals surface area contributed by atoms with Crippen LogP contribution in [0.15, 0.2) is 10.6 Å². The van der Waals surface area contributed by atoms with Gasteiger partial charge in [0.25, 0.3) is 5.69 Å². The summed E-state index contributed by atoms with van der Waals surface area (Å²) in [7, 11) is 0. The standard InChI is InChI=1S/C9H9N3O3/c1-4-3-6-7(9(10)11-15-6)8(5(4)2)12(13)14/h3H,1-2H3,(H2,10,11). The fourth-order valence-electron chi connectivity index (χ4n) is 1.56. The number of rotatable bonds is 1. The summed E-state index contributed by atoms with van der Waals surface area (Å²) in [4.78, 5) is 10.5. The van der Waals surface area contributed by atoms with Gasteiger partial charge >= 0.3 is 0 Å². The molecular weight excluding hydrogens is 198 g/mol. The minimum absolute atomic E-state index is 0.0243. The topological polar surface area (TPSA) is 95.2 Å². The first-order chi connectivity index (χ1) is 7.02. The van der Waals surface area contributed by atoms with E-state index in [1.54, 1.807) is 19.9 Å². The summed E-state index contributed by atoms with van der Waals surface area (Å²) in [5.41, 5.74) is 7.22. The molecule has 2 aromatic rings. The molecule has 2 N–H and O–H groups in total. The normalized spacial score (nSPS) is 10.8. The molecule has 0 saturated heterocycles. The van der Waals surface area contributed by atoms with Crippen LogP contribution in [0.4, 0.5) is 11.5 Å². The summed E-state index contributed by atoms with van der Waals surface area (Å²) < 4.78 is 4.90. The van der Waals surface area contributed by atoms with Gasteiger partial charge in [0.2, 0.25) is 0 Å². The molecule has 1 aromatic heterocycles. The van der Waals surface area contributed by atoms with Crippen LogP contribution in [0.3, 0.4) is 0 Å². The van der Waals surface area contributed by atoms with Gasteiger partial charge in [-0.05, 0) is 25.5 Å². The number of hydrogen-bond acceptors (Lipinski definition) is 5. The van der Waals surface area contributed by atoms with E-state index in [9.17, 15) is 10.1 Å². The SMILES string of the molecule is Cc1cc2onc(N)c2c([N+](=O)[O-])c1C. The molecular formula is C9H9N3O3. The van der Waals surface area contributed by atoms with Gasteiger partial charge in [0.1, 0.15) is 5.39 Å². The van der Waals surface area contributed by atoms with Crippen molar-refractivity contribution in [3.8, 4) is 0 Å². The second kappa shape index (κ2) is 2.94. The summed E-state index contributed by atoms with van der Waals surface area (Å²) in [5.74, 6) is 0.0554. The molecule has 0 aliphatic heterocycles. The Hall–Kier alpha value is -2.11. The Morgan fingerprint density at radius 2 is 2.20 bits per heavy atom. The van der Waals surface area contributed by atoms with Crippen LogP contribution >= 0.6 is 0 Å². The van der Waals surface area contributed by atoms with Gasteiger partial charge in [-0.2, -0.15) is 0 Å². The fourth-order valence-corrected chi connectivity index (χ4v) is 1.56. The van der Waals surface area contributed by atoms with Crippen molar-refractivity contribution in [2.24, 2.45) is 0 Å². The molecule has 0 unspecified atom stereocenters. The number of aryl methyl sites for hydroxylation is 1. The maximum atomic E-state index is 10.9. The molecule has 0 atom stereocenters. The van der Waals surface area contributed by atoms with Crippen LogP contribution < -0.4 is 5.73 Å². The molecule has 6 heteroatoms. The summed E-state index contributed by atoms with van der Waals surface area (Å²) in [6, 6.07) is 1.70. The Kier molecular flexibility index (Phi) is 1.85. The zero-order valence-corrected chi connectivity index (χ0v) is 8.27. The van der Waals surface area contributed by atoms with Crippen LogP contribution in [-0.4, -0.2) is 10.1 Å². The van der Waals surface area contributed by atoms with Crippen molar-refractivity contribution in [3.05, 3.63) is 27.3 Å². The molecule has 2 rings (SSSR count). The van der Waals surface area contributed by atoms with E-state index in [1.165, 1.54) is 0 Å². The van der Waals surface area contributed by atoms with Gasteiger partial charge in [-0.3, -0.25) is 10.1 Å². The molecule has 1 heterocycles. The third-order valence-electron chi connectivity index (χ3n) is 2.46. The monoisotopic (exact) mass is 207 g/mol. The van der Waals surface area contributed by atoms with E-state index in [-0.39, 0.29) is 16.9 Å². The molecule has 15 heavy (non-hydrogen) atoms. The molecule has 78 valence electrons. The maximum absolute atomic E-state index is 10.9. The molecule has 1 aromatic carbocycles. The van der Waals surface area contributed by atoms with Crippen LogP contribution in [0.1, 0.15) is 11.1 Å². The van der Waals surface area contributed by atoms with Crippen LogP contribution in [-0.2, 0) is 0 Å². The predicted octanol–water partition coefficient (Wildman–Crippen LogP) is 1.94. The fraction of sp³-hybridized carbons (Fsp3) is 0.222. The predicted molar refractivity (Wildman–Crippen MR) is 54.5 cm³/mol. The Labute approximate surface area is 84.8 Å². The number of aromatic nitrogens is 1. The van der Waals surface area contributed by atoms with Gasteiger partial charge in [0.15, 0.2) is 11.4 Å². The average molecular weight is 207 g/mol. The lowest BCUT2D eigenvalue weighted by Crippen LogP contribution is -1.96. The minimum Gasteiger partial charge on any atom is -0.380 e. The number of nitrogens with zero attached hydrogens (tertiary/aromatic N) is 2. The van der Waals surface area contributed by atoms with Gasteiger partial charge in [-0.25, -0.2) is 0 Å². The quantitative estimate of drug-likeness (QED) is 0.569. The summed E-state index contributed by atoms with van der Waals surface area (Å²) >= 11 is 0. The number of benzene rings is 1. The first kappa shape index (κ1) is 9.45. The van der Waals surface area contributed by atoms with E-state index < -0.39 is 4.92 Å². The summed E-state index contributed by atoms with van der Waals surface area (Å²) in [6.07, 6.45) is 0. The smallest absolute Gasteiger partial charge is 0.287 e.